The molecule has 112 valence electrons. The Kier molecular flexibility index (Phi) is 4.74. The number of aromatic nitrogens is 1. The second kappa shape index (κ2) is 6.54. The van der Waals surface area contributed by atoms with E-state index in [1.54, 1.807) is 0 Å². The van der Waals surface area contributed by atoms with Crippen LogP contribution in [0.25, 0.3) is 0 Å². The van der Waals surface area contributed by atoms with Crippen molar-refractivity contribution < 1.29 is 5.11 Å². The maximum absolute atomic E-state index is 9.92. The Hall–Kier alpha value is -0.450. The third-order valence-corrected chi connectivity index (χ3v) is 6.01. The van der Waals surface area contributed by atoms with Crippen LogP contribution in [0.2, 0.25) is 0 Å². The van der Waals surface area contributed by atoms with Gasteiger partial charge in [0.25, 0.3) is 0 Å². The first-order chi connectivity index (χ1) is 9.72. The van der Waals surface area contributed by atoms with Crippen LogP contribution < -0.4 is 0 Å². The van der Waals surface area contributed by atoms with Crippen molar-refractivity contribution in [1.29, 1.82) is 0 Å². The van der Waals surface area contributed by atoms with Crippen LogP contribution in [0.15, 0.2) is 6.20 Å². The molecule has 1 aromatic heterocycles. The maximum atomic E-state index is 9.92. The monoisotopic (exact) mass is 294 g/mol. The Balaban J connectivity index is 1.52. The predicted molar refractivity (Wildman–Crippen MR) is 83.0 cm³/mol. The first-order valence-corrected chi connectivity index (χ1v) is 8.85. The van der Waals surface area contributed by atoms with Crippen molar-refractivity contribution in [3.05, 3.63) is 16.1 Å². The van der Waals surface area contributed by atoms with E-state index in [-0.39, 0.29) is 6.10 Å². The number of hydrogen-bond acceptors (Lipinski definition) is 4. The fourth-order valence-electron chi connectivity index (χ4n) is 3.72. The van der Waals surface area contributed by atoms with E-state index in [1.165, 1.54) is 48.4 Å². The highest BCUT2D eigenvalue weighted by molar-refractivity contribution is 7.11. The Labute approximate surface area is 126 Å². The normalized spacial score (nSPS) is 27.8. The van der Waals surface area contributed by atoms with Crippen molar-refractivity contribution in [3.63, 3.8) is 0 Å². The Morgan fingerprint density at radius 3 is 2.75 bits per heavy atom. The zero-order valence-corrected chi connectivity index (χ0v) is 13.2. The second-order valence-corrected chi connectivity index (χ2v) is 7.75. The van der Waals surface area contributed by atoms with E-state index >= 15 is 0 Å². The molecule has 1 aromatic rings. The third kappa shape index (κ3) is 3.41. The van der Waals surface area contributed by atoms with E-state index in [1.807, 2.05) is 11.3 Å². The molecule has 3 nitrogen and oxygen atoms in total. The summed E-state index contributed by atoms with van der Waals surface area (Å²) < 4.78 is 0. The summed E-state index contributed by atoms with van der Waals surface area (Å²) in [4.78, 5) is 8.37. The van der Waals surface area contributed by atoms with Crippen LogP contribution in [-0.2, 0) is 6.54 Å². The summed E-state index contributed by atoms with van der Waals surface area (Å²) in [7, 11) is 2.17. The molecule has 1 N–H and O–H groups in total. The molecule has 3 rings (SSSR count). The number of thiazole rings is 1. The van der Waals surface area contributed by atoms with Crippen LogP contribution in [0.4, 0.5) is 0 Å². The molecule has 0 radical (unpaired) electrons. The smallest absolute Gasteiger partial charge is 0.0959 e. The molecule has 2 unspecified atom stereocenters. The quantitative estimate of drug-likeness (QED) is 0.904. The second-order valence-electron chi connectivity index (χ2n) is 6.60. The standard InChI is InChI=1S/C16H26N2OS/c1-18(10-13-7-4-8-15(13)19)11-14-9-17-16(20-14)12-5-2-3-6-12/h9,12-13,15,19H,2-8,10-11H2,1H3. The summed E-state index contributed by atoms with van der Waals surface area (Å²) in [6.45, 7) is 1.99. The minimum Gasteiger partial charge on any atom is -0.393 e. The summed E-state index contributed by atoms with van der Waals surface area (Å²) in [5.41, 5.74) is 0. The summed E-state index contributed by atoms with van der Waals surface area (Å²) in [5.74, 6) is 1.21. The summed E-state index contributed by atoms with van der Waals surface area (Å²) >= 11 is 1.90. The number of rotatable bonds is 5. The van der Waals surface area contributed by atoms with Crippen molar-refractivity contribution in [3.8, 4) is 0 Å². The van der Waals surface area contributed by atoms with Gasteiger partial charge in [-0.15, -0.1) is 11.3 Å². The van der Waals surface area contributed by atoms with Gasteiger partial charge in [0.15, 0.2) is 0 Å². The van der Waals surface area contributed by atoms with Crippen LogP contribution >= 0.6 is 11.3 Å². The third-order valence-electron chi connectivity index (χ3n) is 4.87. The molecule has 2 aliphatic carbocycles. The van der Waals surface area contributed by atoms with Gasteiger partial charge in [-0.2, -0.15) is 0 Å². The van der Waals surface area contributed by atoms with Crippen molar-refractivity contribution in [2.24, 2.45) is 5.92 Å². The van der Waals surface area contributed by atoms with Crippen LogP contribution in [0, 0.1) is 5.92 Å². The van der Waals surface area contributed by atoms with E-state index in [0.717, 1.165) is 25.4 Å². The highest BCUT2D eigenvalue weighted by Crippen LogP contribution is 2.36. The molecule has 2 atom stereocenters. The average molecular weight is 294 g/mol. The minimum absolute atomic E-state index is 0.0760. The summed E-state index contributed by atoms with van der Waals surface area (Å²) in [6.07, 6.45) is 10.8. The van der Waals surface area contributed by atoms with E-state index in [0.29, 0.717) is 5.92 Å². The summed E-state index contributed by atoms with van der Waals surface area (Å²) in [6, 6.07) is 0. The van der Waals surface area contributed by atoms with Gasteiger partial charge in [0.1, 0.15) is 0 Å². The molecule has 0 spiro atoms. The van der Waals surface area contributed by atoms with Crippen LogP contribution in [0.5, 0.6) is 0 Å². The van der Waals surface area contributed by atoms with Crippen LogP contribution in [0.3, 0.4) is 0 Å². The van der Waals surface area contributed by atoms with Gasteiger partial charge in [-0.05, 0) is 38.6 Å². The zero-order valence-electron chi connectivity index (χ0n) is 12.4. The Bertz CT molecular complexity index is 428. The van der Waals surface area contributed by atoms with Crippen molar-refractivity contribution >= 4 is 11.3 Å². The molecular weight excluding hydrogens is 268 g/mol. The molecule has 0 aromatic carbocycles. The van der Waals surface area contributed by atoms with Gasteiger partial charge in [-0.1, -0.05) is 19.3 Å². The van der Waals surface area contributed by atoms with Gasteiger partial charge < -0.3 is 10.0 Å². The van der Waals surface area contributed by atoms with Gasteiger partial charge in [0, 0.05) is 30.1 Å². The van der Waals surface area contributed by atoms with E-state index < -0.39 is 0 Å². The molecule has 2 fully saturated rings. The lowest BCUT2D eigenvalue weighted by Gasteiger charge is -2.22. The molecule has 1 heterocycles. The molecule has 2 saturated carbocycles. The number of hydrogen-bond donors (Lipinski definition) is 1. The lowest BCUT2D eigenvalue weighted by atomic mass is 10.1. The Morgan fingerprint density at radius 1 is 1.25 bits per heavy atom. The molecular formula is C16H26N2OS. The predicted octanol–water partition coefficient (Wildman–Crippen LogP) is 3.39. The molecule has 0 bridgehead atoms. The van der Waals surface area contributed by atoms with Crippen LogP contribution in [-0.4, -0.2) is 34.7 Å². The average Bonchev–Trinajstić information content (AvgIpc) is 3.12. The molecule has 20 heavy (non-hydrogen) atoms. The van der Waals surface area contributed by atoms with Gasteiger partial charge in [0.05, 0.1) is 11.1 Å². The number of aliphatic hydroxyl groups is 1. The topological polar surface area (TPSA) is 36.4 Å². The van der Waals surface area contributed by atoms with Crippen molar-refractivity contribution in [1.82, 2.24) is 9.88 Å². The molecule has 0 saturated heterocycles. The van der Waals surface area contributed by atoms with Crippen molar-refractivity contribution in [2.45, 2.75) is 63.5 Å². The molecule has 0 amide bonds. The SMILES string of the molecule is CN(Cc1cnc(C2CCCC2)s1)CC1CCCC1O. The Morgan fingerprint density at radius 2 is 2.05 bits per heavy atom. The fourth-order valence-corrected chi connectivity index (χ4v) is 4.89. The van der Waals surface area contributed by atoms with Gasteiger partial charge in [-0.25, -0.2) is 4.98 Å². The van der Waals surface area contributed by atoms with Gasteiger partial charge in [0.2, 0.25) is 0 Å². The number of nitrogens with zero attached hydrogens (tertiary/aromatic N) is 2. The first kappa shape index (κ1) is 14.5. The van der Waals surface area contributed by atoms with Gasteiger partial charge in [-0.3, -0.25) is 0 Å². The van der Waals surface area contributed by atoms with E-state index in [9.17, 15) is 5.11 Å². The largest absolute Gasteiger partial charge is 0.393 e. The fraction of sp³-hybridized carbons (Fsp3) is 0.812. The van der Waals surface area contributed by atoms with Crippen molar-refractivity contribution in [2.75, 3.05) is 13.6 Å². The van der Waals surface area contributed by atoms with Crippen LogP contribution in [0.1, 0.15) is 60.7 Å². The lowest BCUT2D eigenvalue weighted by molar-refractivity contribution is 0.108. The van der Waals surface area contributed by atoms with E-state index in [2.05, 4.69) is 23.1 Å². The zero-order chi connectivity index (χ0) is 13.9. The maximum Gasteiger partial charge on any atom is 0.0959 e. The lowest BCUT2D eigenvalue weighted by Crippen LogP contribution is -2.29. The highest BCUT2D eigenvalue weighted by atomic mass is 32.1. The number of aliphatic hydroxyl groups excluding tert-OH is 1. The van der Waals surface area contributed by atoms with Gasteiger partial charge >= 0.3 is 0 Å². The molecule has 4 heteroatoms. The van der Waals surface area contributed by atoms with E-state index in [4.69, 9.17) is 0 Å². The highest BCUT2D eigenvalue weighted by Gasteiger charge is 2.26. The summed E-state index contributed by atoms with van der Waals surface area (Å²) in [5, 5.41) is 11.3. The molecule has 0 aliphatic heterocycles. The molecule has 2 aliphatic rings. The first-order valence-electron chi connectivity index (χ1n) is 8.03. The minimum atomic E-state index is -0.0760.